The molecule has 1 aromatic carbocycles. The zero-order valence-electron chi connectivity index (χ0n) is 9.07. The first kappa shape index (κ1) is 12.3. The third kappa shape index (κ3) is 3.14. The van der Waals surface area contributed by atoms with Gasteiger partial charge in [-0.25, -0.2) is 0 Å². The lowest BCUT2D eigenvalue weighted by Crippen LogP contribution is -2.10. The van der Waals surface area contributed by atoms with Crippen LogP contribution in [0.3, 0.4) is 0 Å². The van der Waals surface area contributed by atoms with Crippen LogP contribution < -0.4 is 5.32 Å². The van der Waals surface area contributed by atoms with Crippen molar-refractivity contribution in [3.05, 3.63) is 46.8 Å². The van der Waals surface area contributed by atoms with Gasteiger partial charge in [-0.2, -0.15) is 0 Å². The molecule has 0 fully saturated rings. The van der Waals surface area contributed by atoms with Gasteiger partial charge >= 0.3 is 0 Å². The lowest BCUT2D eigenvalue weighted by Gasteiger charge is -2.03. The van der Waals surface area contributed by atoms with E-state index in [1.165, 1.54) is 0 Å². The van der Waals surface area contributed by atoms with E-state index in [9.17, 15) is 4.79 Å². The summed E-state index contributed by atoms with van der Waals surface area (Å²) in [7, 11) is 0. The van der Waals surface area contributed by atoms with Gasteiger partial charge in [-0.15, -0.1) is 11.8 Å². The van der Waals surface area contributed by atoms with Crippen LogP contribution in [0.2, 0.25) is 0 Å². The van der Waals surface area contributed by atoms with E-state index < -0.39 is 0 Å². The molecule has 0 saturated heterocycles. The van der Waals surface area contributed by atoms with Crippen LogP contribution in [0.4, 0.5) is 5.69 Å². The lowest BCUT2D eigenvalue weighted by atomic mass is 10.3. The maximum atomic E-state index is 11.8. The Balaban J connectivity index is 2.07. The maximum absolute atomic E-state index is 11.8. The fourth-order valence-electron chi connectivity index (χ4n) is 1.30. The van der Waals surface area contributed by atoms with Gasteiger partial charge in [0.05, 0.1) is 0 Å². The van der Waals surface area contributed by atoms with Crippen LogP contribution in [0.25, 0.3) is 0 Å². The number of halogens is 1. The number of carbonyl (C=O) groups is 1. The minimum atomic E-state index is -0.257. The molecule has 0 aliphatic heterocycles. The molecule has 0 spiro atoms. The summed E-state index contributed by atoms with van der Waals surface area (Å²) >= 11 is 4.81. The van der Waals surface area contributed by atoms with Crippen molar-refractivity contribution >= 4 is 39.3 Å². The quantitative estimate of drug-likeness (QED) is 0.871. The number of benzene rings is 1. The van der Waals surface area contributed by atoms with Crippen LogP contribution in [0, 0.1) is 0 Å². The highest BCUT2D eigenvalue weighted by atomic mass is 79.9. The normalized spacial score (nSPS) is 10.2. The fraction of sp³-hybridized carbons (Fsp3) is 0.0833. The van der Waals surface area contributed by atoms with Crippen molar-refractivity contribution in [3.63, 3.8) is 0 Å². The Morgan fingerprint density at radius 3 is 2.47 bits per heavy atom. The minimum Gasteiger partial charge on any atom is -0.444 e. The summed E-state index contributed by atoms with van der Waals surface area (Å²) in [6.07, 6.45) is 2.01. The number of carbonyl (C=O) groups excluding carboxylic acids is 1. The third-order valence-corrected chi connectivity index (χ3v) is 3.31. The van der Waals surface area contributed by atoms with E-state index in [2.05, 4.69) is 21.2 Å². The summed E-state index contributed by atoms with van der Waals surface area (Å²) in [5.41, 5.74) is 0.750. The van der Waals surface area contributed by atoms with Crippen molar-refractivity contribution in [1.82, 2.24) is 0 Å². The number of rotatable bonds is 3. The first-order chi connectivity index (χ1) is 8.19. The van der Waals surface area contributed by atoms with E-state index in [-0.39, 0.29) is 11.7 Å². The van der Waals surface area contributed by atoms with Gasteiger partial charge in [0.15, 0.2) is 10.4 Å². The first-order valence-electron chi connectivity index (χ1n) is 4.90. The zero-order chi connectivity index (χ0) is 12.3. The van der Waals surface area contributed by atoms with Crippen molar-refractivity contribution in [2.75, 3.05) is 11.6 Å². The summed E-state index contributed by atoms with van der Waals surface area (Å²) in [6, 6.07) is 10.9. The Hall–Kier alpha value is -1.20. The molecule has 1 heterocycles. The molecule has 0 unspecified atom stereocenters. The first-order valence-corrected chi connectivity index (χ1v) is 6.91. The van der Waals surface area contributed by atoms with Gasteiger partial charge in [0.1, 0.15) is 0 Å². The molecule has 5 heteroatoms. The maximum Gasteiger partial charge on any atom is 0.291 e. The second-order valence-corrected chi connectivity index (χ2v) is 4.95. The molecule has 2 rings (SSSR count). The molecule has 0 bridgehead atoms. The van der Waals surface area contributed by atoms with E-state index in [4.69, 9.17) is 4.42 Å². The van der Waals surface area contributed by atoms with Crippen LogP contribution in [-0.4, -0.2) is 12.2 Å². The molecule has 88 valence electrons. The van der Waals surface area contributed by atoms with Crippen molar-refractivity contribution in [2.45, 2.75) is 4.90 Å². The molecular weight excluding hydrogens is 302 g/mol. The van der Waals surface area contributed by atoms with Crippen molar-refractivity contribution in [2.24, 2.45) is 0 Å². The van der Waals surface area contributed by atoms with E-state index in [1.54, 1.807) is 23.9 Å². The zero-order valence-corrected chi connectivity index (χ0v) is 11.5. The average molecular weight is 312 g/mol. The molecule has 0 aliphatic carbocycles. The van der Waals surface area contributed by atoms with Gasteiger partial charge in [-0.3, -0.25) is 4.79 Å². The Kier molecular flexibility index (Phi) is 3.91. The molecule has 1 aromatic heterocycles. The van der Waals surface area contributed by atoms with Crippen LogP contribution in [0.15, 0.2) is 50.4 Å². The molecular formula is C12H10BrNO2S. The molecule has 17 heavy (non-hydrogen) atoms. The molecule has 0 saturated carbocycles. The van der Waals surface area contributed by atoms with Gasteiger partial charge in [0.2, 0.25) is 0 Å². The number of hydrogen-bond donors (Lipinski definition) is 1. The molecule has 2 aromatic rings. The second kappa shape index (κ2) is 5.42. The summed E-state index contributed by atoms with van der Waals surface area (Å²) in [5, 5.41) is 2.76. The van der Waals surface area contributed by atoms with Gasteiger partial charge in [0.25, 0.3) is 5.91 Å². The predicted octanol–water partition coefficient (Wildman–Crippen LogP) is 4.02. The standard InChI is InChI=1S/C12H10BrNO2S/c1-17-9-4-2-8(3-5-9)14-12(15)10-6-7-11(13)16-10/h2-7H,1H3,(H,14,15). The monoisotopic (exact) mass is 311 g/mol. The van der Waals surface area contributed by atoms with E-state index >= 15 is 0 Å². The van der Waals surface area contributed by atoms with Gasteiger partial charge in [-0.05, 0) is 58.6 Å². The van der Waals surface area contributed by atoms with Crippen LogP contribution >= 0.6 is 27.7 Å². The predicted molar refractivity (Wildman–Crippen MR) is 72.6 cm³/mol. The number of nitrogens with one attached hydrogen (secondary N) is 1. The molecule has 1 N–H and O–H groups in total. The van der Waals surface area contributed by atoms with Crippen molar-refractivity contribution < 1.29 is 9.21 Å². The number of hydrogen-bond acceptors (Lipinski definition) is 3. The molecule has 1 amide bonds. The van der Waals surface area contributed by atoms with E-state index in [1.807, 2.05) is 30.5 Å². The lowest BCUT2D eigenvalue weighted by molar-refractivity contribution is 0.0995. The topological polar surface area (TPSA) is 42.2 Å². The molecule has 0 atom stereocenters. The summed E-state index contributed by atoms with van der Waals surface area (Å²) in [4.78, 5) is 12.9. The van der Waals surface area contributed by atoms with Crippen LogP contribution in [0.5, 0.6) is 0 Å². The Labute approximate surface area is 112 Å². The average Bonchev–Trinajstić information content (AvgIpc) is 2.77. The van der Waals surface area contributed by atoms with E-state index in [0.717, 1.165) is 10.6 Å². The second-order valence-electron chi connectivity index (χ2n) is 3.29. The number of amides is 1. The Morgan fingerprint density at radius 2 is 1.94 bits per heavy atom. The van der Waals surface area contributed by atoms with Crippen LogP contribution in [-0.2, 0) is 0 Å². The van der Waals surface area contributed by atoms with Gasteiger partial charge in [0, 0.05) is 10.6 Å². The smallest absolute Gasteiger partial charge is 0.291 e. The number of furan rings is 1. The Morgan fingerprint density at radius 1 is 1.24 bits per heavy atom. The van der Waals surface area contributed by atoms with Gasteiger partial charge < -0.3 is 9.73 Å². The highest BCUT2D eigenvalue weighted by Crippen LogP contribution is 2.19. The van der Waals surface area contributed by atoms with Crippen molar-refractivity contribution in [1.29, 1.82) is 0 Å². The highest BCUT2D eigenvalue weighted by molar-refractivity contribution is 9.10. The summed E-state index contributed by atoms with van der Waals surface area (Å²) in [6.45, 7) is 0. The van der Waals surface area contributed by atoms with E-state index in [0.29, 0.717) is 4.67 Å². The largest absolute Gasteiger partial charge is 0.444 e. The van der Waals surface area contributed by atoms with Crippen LogP contribution in [0.1, 0.15) is 10.6 Å². The SMILES string of the molecule is CSc1ccc(NC(=O)c2ccc(Br)o2)cc1. The molecule has 0 aliphatic rings. The number of thioether (sulfide) groups is 1. The molecule has 0 radical (unpaired) electrons. The molecule has 3 nitrogen and oxygen atoms in total. The highest BCUT2D eigenvalue weighted by Gasteiger charge is 2.10. The number of anilines is 1. The van der Waals surface area contributed by atoms with Gasteiger partial charge in [-0.1, -0.05) is 0 Å². The summed E-state index contributed by atoms with van der Waals surface area (Å²) in [5.74, 6) is 0.0263. The Bertz CT molecular complexity index is 522. The minimum absolute atomic E-state index is 0.257. The summed E-state index contributed by atoms with van der Waals surface area (Å²) < 4.78 is 5.70. The fourth-order valence-corrected chi connectivity index (χ4v) is 2.02. The third-order valence-electron chi connectivity index (χ3n) is 2.14. The van der Waals surface area contributed by atoms with Crippen molar-refractivity contribution in [3.8, 4) is 0 Å².